The Morgan fingerprint density at radius 2 is 1.17 bits per heavy atom. The molecule has 0 radical (unpaired) electrons. The summed E-state index contributed by atoms with van der Waals surface area (Å²) in [6.45, 7) is 3.44. The molecule has 52 heavy (non-hydrogen) atoms. The lowest BCUT2D eigenvalue weighted by Gasteiger charge is -2.19. The minimum Gasteiger partial charge on any atom is -0.462 e. The van der Waals surface area contributed by atoms with Crippen LogP contribution >= 0.6 is 7.82 Å². The van der Waals surface area contributed by atoms with Gasteiger partial charge >= 0.3 is 19.8 Å². The molecule has 0 saturated heterocycles. The molecule has 0 aliphatic carbocycles. The monoisotopic (exact) mass is 756 g/mol. The van der Waals surface area contributed by atoms with Gasteiger partial charge in [0, 0.05) is 19.4 Å². The van der Waals surface area contributed by atoms with Crippen LogP contribution in [0.4, 0.5) is 0 Å². The lowest BCUT2D eigenvalue weighted by atomic mass is 10.0. The molecule has 0 aliphatic heterocycles. The molecule has 0 aliphatic rings. The second kappa shape index (κ2) is 37.3. The van der Waals surface area contributed by atoms with Gasteiger partial charge in [-0.15, -0.1) is 0 Å². The molecule has 302 valence electrons. The molecule has 2 unspecified atom stereocenters. The molecule has 0 aromatic heterocycles. The van der Waals surface area contributed by atoms with Gasteiger partial charge in [-0.25, -0.2) is 4.57 Å². The maximum Gasteiger partial charge on any atom is 0.472 e. The van der Waals surface area contributed by atoms with E-state index in [4.69, 9.17) is 24.3 Å². The summed E-state index contributed by atoms with van der Waals surface area (Å²) in [6.07, 6.45) is 37.8. The van der Waals surface area contributed by atoms with Crippen LogP contribution in [0.15, 0.2) is 48.6 Å². The number of hydrogen-bond acceptors (Lipinski definition) is 9. The van der Waals surface area contributed by atoms with Crippen LogP contribution in [0.3, 0.4) is 0 Å². The number of phosphoric ester groups is 1. The van der Waals surface area contributed by atoms with Crippen molar-refractivity contribution in [2.45, 2.75) is 174 Å². The van der Waals surface area contributed by atoms with E-state index in [2.05, 4.69) is 50.3 Å². The van der Waals surface area contributed by atoms with Crippen LogP contribution in [0.2, 0.25) is 0 Å². The number of aliphatic hydroxyl groups excluding tert-OH is 1. The third-order valence-corrected chi connectivity index (χ3v) is 9.26. The first kappa shape index (κ1) is 49.9. The zero-order valence-corrected chi connectivity index (χ0v) is 33.5. The Balaban J connectivity index is 4.31. The molecule has 10 nitrogen and oxygen atoms in total. The number of phosphoric acid groups is 1. The summed E-state index contributed by atoms with van der Waals surface area (Å²) in [5.74, 6) is -0.915. The van der Waals surface area contributed by atoms with Crippen LogP contribution in [0.5, 0.6) is 0 Å². The highest BCUT2D eigenvalue weighted by molar-refractivity contribution is 7.47. The number of aliphatic hydroxyl groups is 1. The maximum atomic E-state index is 12.5. The van der Waals surface area contributed by atoms with E-state index in [0.29, 0.717) is 19.3 Å². The summed E-state index contributed by atoms with van der Waals surface area (Å²) >= 11 is 0. The van der Waals surface area contributed by atoms with Gasteiger partial charge in [-0.1, -0.05) is 146 Å². The number of hydrogen-bond donors (Lipinski definition) is 3. The van der Waals surface area contributed by atoms with E-state index in [-0.39, 0.29) is 38.7 Å². The SMILES string of the molecule is CCCCCCCCCCCCCCCC(=O)O[C@H](COC(=O)CCC/C=C\C/C=C\C/C=C\C/C=C\CC(O)CCC)COP(=O)(O)OCCN. The van der Waals surface area contributed by atoms with Crippen LogP contribution in [0.1, 0.15) is 162 Å². The van der Waals surface area contributed by atoms with E-state index in [1.807, 2.05) is 12.2 Å². The van der Waals surface area contributed by atoms with Gasteiger partial charge in [0.15, 0.2) is 6.10 Å². The van der Waals surface area contributed by atoms with E-state index in [9.17, 15) is 24.2 Å². The van der Waals surface area contributed by atoms with E-state index in [0.717, 1.165) is 57.8 Å². The number of esters is 2. The third-order valence-electron chi connectivity index (χ3n) is 8.27. The minimum atomic E-state index is -4.39. The number of rotatable bonds is 37. The first-order valence-corrected chi connectivity index (χ1v) is 21.7. The van der Waals surface area contributed by atoms with E-state index in [1.165, 1.54) is 57.8 Å². The molecule has 0 aromatic carbocycles. The van der Waals surface area contributed by atoms with Crippen molar-refractivity contribution < 1.29 is 42.7 Å². The zero-order chi connectivity index (χ0) is 38.4. The minimum absolute atomic E-state index is 0.0398. The number of allylic oxidation sites excluding steroid dienone is 7. The van der Waals surface area contributed by atoms with Gasteiger partial charge in [-0.05, 0) is 51.4 Å². The molecule has 4 N–H and O–H groups in total. The number of unbranched alkanes of at least 4 members (excludes halogenated alkanes) is 13. The Bertz CT molecular complexity index is 1010. The quantitative estimate of drug-likeness (QED) is 0.0241. The summed E-state index contributed by atoms with van der Waals surface area (Å²) in [5.41, 5.74) is 5.33. The Morgan fingerprint density at radius 3 is 1.73 bits per heavy atom. The molecule has 0 bridgehead atoms. The summed E-state index contributed by atoms with van der Waals surface area (Å²) < 4.78 is 32.6. The molecule has 0 amide bonds. The lowest BCUT2D eigenvalue weighted by molar-refractivity contribution is -0.161. The van der Waals surface area contributed by atoms with E-state index in [1.54, 1.807) is 0 Å². The molecule has 0 rings (SSSR count). The van der Waals surface area contributed by atoms with Crippen molar-refractivity contribution in [2.75, 3.05) is 26.4 Å². The lowest BCUT2D eigenvalue weighted by Crippen LogP contribution is -2.29. The first-order valence-electron chi connectivity index (χ1n) is 20.2. The fourth-order valence-corrected chi connectivity index (χ4v) is 6.05. The first-order chi connectivity index (χ1) is 25.2. The molecule has 0 saturated carbocycles. The summed E-state index contributed by atoms with van der Waals surface area (Å²) in [7, 11) is -4.39. The summed E-state index contributed by atoms with van der Waals surface area (Å²) in [4.78, 5) is 34.7. The van der Waals surface area contributed by atoms with Gasteiger partial charge in [-0.2, -0.15) is 0 Å². The van der Waals surface area contributed by atoms with Gasteiger partial charge in [-0.3, -0.25) is 18.6 Å². The fraction of sp³-hybridized carbons (Fsp3) is 0.756. The van der Waals surface area contributed by atoms with Crippen LogP contribution in [0.25, 0.3) is 0 Å². The van der Waals surface area contributed by atoms with Crippen LogP contribution < -0.4 is 5.73 Å². The Morgan fingerprint density at radius 1 is 0.654 bits per heavy atom. The van der Waals surface area contributed by atoms with Crippen molar-refractivity contribution in [2.24, 2.45) is 5.73 Å². The molecule has 0 spiro atoms. The molecule has 3 atom stereocenters. The number of carbonyl (C=O) groups is 2. The predicted molar refractivity (Wildman–Crippen MR) is 212 cm³/mol. The summed E-state index contributed by atoms with van der Waals surface area (Å²) in [5, 5.41) is 9.71. The van der Waals surface area contributed by atoms with Crippen LogP contribution in [0, 0.1) is 0 Å². The average molecular weight is 756 g/mol. The molecule has 0 aromatic rings. The largest absolute Gasteiger partial charge is 0.472 e. The van der Waals surface area contributed by atoms with Gasteiger partial charge in [0.1, 0.15) is 6.61 Å². The van der Waals surface area contributed by atoms with E-state index >= 15 is 0 Å². The molecular weight excluding hydrogens is 681 g/mol. The van der Waals surface area contributed by atoms with Gasteiger partial charge in [0.2, 0.25) is 0 Å². The van der Waals surface area contributed by atoms with Gasteiger partial charge in [0.25, 0.3) is 0 Å². The average Bonchev–Trinajstić information content (AvgIpc) is 3.12. The van der Waals surface area contributed by atoms with Crippen molar-refractivity contribution in [1.82, 2.24) is 0 Å². The van der Waals surface area contributed by atoms with Crippen molar-refractivity contribution in [3.63, 3.8) is 0 Å². The Hall–Kier alpha value is -2.07. The Labute approximate surface area is 316 Å². The molecule has 11 heteroatoms. The van der Waals surface area contributed by atoms with Crippen LogP contribution in [-0.4, -0.2) is 60.5 Å². The fourth-order valence-electron chi connectivity index (χ4n) is 5.29. The topological polar surface area (TPSA) is 155 Å². The molecule has 0 heterocycles. The number of nitrogens with two attached hydrogens (primary N) is 1. The van der Waals surface area contributed by atoms with Crippen LogP contribution in [-0.2, 0) is 32.7 Å². The highest BCUT2D eigenvalue weighted by Crippen LogP contribution is 2.43. The second-order valence-electron chi connectivity index (χ2n) is 13.3. The number of carbonyl (C=O) groups excluding carboxylic acids is 2. The third kappa shape index (κ3) is 36.3. The second-order valence-corrected chi connectivity index (χ2v) is 14.8. The normalized spacial score (nSPS) is 14.5. The van der Waals surface area contributed by atoms with Crippen molar-refractivity contribution in [3.05, 3.63) is 48.6 Å². The summed E-state index contributed by atoms with van der Waals surface area (Å²) in [6, 6.07) is 0. The van der Waals surface area contributed by atoms with Gasteiger partial charge in [0.05, 0.1) is 19.3 Å². The Kier molecular flexibility index (Phi) is 35.8. The van der Waals surface area contributed by atoms with E-state index < -0.39 is 32.5 Å². The maximum absolute atomic E-state index is 12.5. The highest BCUT2D eigenvalue weighted by atomic mass is 31.2. The molecule has 0 fully saturated rings. The van der Waals surface area contributed by atoms with Crippen molar-refractivity contribution in [1.29, 1.82) is 0 Å². The standard InChI is InChI=1S/C41H74NO9P/c1-3-5-6-7-8-9-10-12-17-20-23-26-29-33-41(45)51-39(37-50-52(46,47)49-35-34-42)36-48-40(44)32-28-25-22-19-16-14-11-13-15-18-21-24-27-31-38(43)30-4-2/h11,14-15,18-19,22,24,27,38-39,43H,3-10,12-13,16-17,20-21,23,25-26,28-37,42H2,1-2H3,(H,46,47)/b14-11-,18-15-,22-19-,27-24-/t38?,39-/m1/s1. The van der Waals surface area contributed by atoms with Crippen molar-refractivity contribution >= 4 is 19.8 Å². The van der Waals surface area contributed by atoms with Crippen molar-refractivity contribution in [3.8, 4) is 0 Å². The highest BCUT2D eigenvalue weighted by Gasteiger charge is 2.25. The number of ether oxygens (including phenoxy) is 2. The smallest absolute Gasteiger partial charge is 0.462 e. The zero-order valence-electron chi connectivity index (χ0n) is 32.6. The van der Waals surface area contributed by atoms with Gasteiger partial charge < -0.3 is 25.2 Å². The predicted octanol–water partition coefficient (Wildman–Crippen LogP) is 10.1. The molecular formula is C41H74NO9P.